The molecule has 0 aliphatic carbocycles. The summed E-state index contributed by atoms with van der Waals surface area (Å²) in [5.74, 6) is 0.757. The normalized spacial score (nSPS) is 11.9. The number of halogens is 3. The van der Waals surface area contributed by atoms with Crippen molar-refractivity contribution in [2.45, 2.75) is 26.7 Å². The van der Waals surface area contributed by atoms with Gasteiger partial charge in [0.25, 0.3) is 0 Å². The zero-order chi connectivity index (χ0) is 12.9. The van der Waals surface area contributed by atoms with Gasteiger partial charge in [0.15, 0.2) is 0 Å². The van der Waals surface area contributed by atoms with Crippen LogP contribution in [0.15, 0.2) is 18.5 Å². The molecule has 0 fully saturated rings. The summed E-state index contributed by atoms with van der Waals surface area (Å²) in [5, 5.41) is 0. The van der Waals surface area contributed by atoms with Crippen molar-refractivity contribution in [3.63, 3.8) is 0 Å². The molecule has 0 aliphatic rings. The van der Waals surface area contributed by atoms with E-state index in [2.05, 4.69) is 18.8 Å². The Kier molecular flexibility index (Phi) is 4.84. The summed E-state index contributed by atoms with van der Waals surface area (Å²) in [5.41, 5.74) is -0.716. The summed E-state index contributed by atoms with van der Waals surface area (Å²) in [7, 11) is 0. The highest BCUT2D eigenvalue weighted by Gasteiger charge is 2.26. The van der Waals surface area contributed by atoms with Crippen molar-refractivity contribution < 1.29 is 17.7 Å². The molecule has 17 heavy (non-hydrogen) atoms. The first kappa shape index (κ1) is 13.9. The van der Waals surface area contributed by atoms with Crippen LogP contribution in [-0.2, 0) is 0 Å². The quantitative estimate of drug-likeness (QED) is 0.568. The molecule has 0 amide bonds. The standard InChI is InChI=1S/C11H16BF3NO/c1-9(2)4-3-5-17-11-6-10(7-16-8-11)12(13,14)15/h6-9H,3-5H2,1-2H3/q-1. The second kappa shape index (κ2) is 5.93. The lowest BCUT2D eigenvalue weighted by atomic mass is 9.81. The number of pyridine rings is 1. The van der Waals surface area contributed by atoms with E-state index in [1.165, 1.54) is 6.20 Å². The lowest BCUT2D eigenvalue weighted by Crippen LogP contribution is -2.34. The maximum Gasteiger partial charge on any atom is 0.511 e. The van der Waals surface area contributed by atoms with E-state index in [4.69, 9.17) is 4.74 Å². The van der Waals surface area contributed by atoms with Crippen LogP contribution in [0.5, 0.6) is 5.75 Å². The molecule has 6 heteroatoms. The zero-order valence-electron chi connectivity index (χ0n) is 10.00. The van der Waals surface area contributed by atoms with Crippen LogP contribution < -0.4 is 10.2 Å². The van der Waals surface area contributed by atoms with Gasteiger partial charge in [-0.05, 0) is 24.8 Å². The average molecular weight is 246 g/mol. The summed E-state index contributed by atoms with van der Waals surface area (Å²) >= 11 is 0. The molecule has 0 unspecified atom stereocenters. The van der Waals surface area contributed by atoms with E-state index in [-0.39, 0.29) is 5.75 Å². The molecular weight excluding hydrogens is 230 g/mol. The lowest BCUT2D eigenvalue weighted by Gasteiger charge is -2.15. The maximum atomic E-state index is 12.4. The second-order valence-electron chi connectivity index (χ2n) is 4.41. The van der Waals surface area contributed by atoms with E-state index in [1.54, 1.807) is 0 Å². The molecular formula is C11H16BF3NO-. The highest BCUT2D eigenvalue weighted by atomic mass is 19.4. The minimum atomic E-state index is -5.00. The Balaban J connectivity index is 2.49. The van der Waals surface area contributed by atoms with Gasteiger partial charge in [-0.3, -0.25) is 4.98 Å². The van der Waals surface area contributed by atoms with Crippen molar-refractivity contribution in [3.05, 3.63) is 18.5 Å². The van der Waals surface area contributed by atoms with Gasteiger partial charge in [0.1, 0.15) is 5.75 Å². The van der Waals surface area contributed by atoms with Crippen LogP contribution in [-0.4, -0.2) is 18.6 Å². The van der Waals surface area contributed by atoms with Gasteiger partial charge < -0.3 is 17.7 Å². The number of aromatic nitrogens is 1. The SMILES string of the molecule is CC(C)CCCOc1cncc([B-](F)(F)F)c1. The van der Waals surface area contributed by atoms with Gasteiger partial charge in [0.05, 0.1) is 12.8 Å². The second-order valence-corrected chi connectivity index (χ2v) is 4.41. The zero-order valence-corrected chi connectivity index (χ0v) is 10.00. The van der Waals surface area contributed by atoms with E-state index < -0.39 is 12.4 Å². The topological polar surface area (TPSA) is 22.1 Å². The van der Waals surface area contributed by atoms with E-state index in [1.807, 2.05) is 0 Å². The highest BCUT2D eigenvalue weighted by Crippen LogP contribution is 2.13. The Morgan fingerprint density at radius 1 is 1.29 bits per heavy atom. The molecule has 0 aliphatic heterocycles. The Morgan fingerprint density at radius 3 is 2.59 bits per heavy atom. The largest absolute Gasteiger partial charge is 0.511 e. The van der Waals surface area contributed by atoms with Crippen LogP contribution in [0.25, 0.3) is 0 Å². The molecule has 0 aromatic carbocycles. The van der Waals surface area contributed by atoms with Crippen molar-refractivity contribution in [2.24, 2.45) is 5.92 Å². The third-order valence-electron chi connectivity index (χ3n) is 2.31. The third kappa shape index (κ3) is 5.11. The first-order valence-electron chi connectivity index (χ1n) is 5.67. The van der Waals surface area contributed by atoms with Crippen LogP contribution in [0.3, 0.4) is 0 Å². The monoisotopic (exact) mass is 246 g/mol. The van der Waals surface area contributed by atoms with Crippen molar-refractivity contribution in [3.8, 4) is 5.75 Å². The molecule has 1 heterocycles. The smallest absolute Gasteiger partial charge is 0.492 e. The van der Waals surface area contributed by atoms with E-state index in [9.17, 15) is 12.9 Å². The molecule has 1 rings (SSSR count). The Labute approximate surface area is 99.3 Å². The molecule has 1 aromatic rings. The molecule has 0 bridgehead atoms. The van der Waals surface area contributed by atoms with Crippen molar-refractivity contribution in [1.82, 2.24) is 4.98 Å². The first-order chi connectivity index (χ1) is 7.89. The van der Waals surface area contributed by atoms with Crippen LogP contribution in [0.1, 0.15) is 26.7 Å². The molecule has 0 N–H and O–H groups in total. The van der Waals surface area contributed by atoms with Gasteiger partial charge in [-0.1, -0.05) is 19.3 Å². The molecule has 1 aromatic heterocycles. The highest BCUT2D eigenvalue weighted by molar-refractivity contribution is 6.73. The summed E-state index contributed by atoms with van der Waals surface area (Å²) in [6, 6.07) is 1.00. The molecule has 0 spiro atoms. The lowest BCUT2D eigenvalue weighted by molar-refractivity contribution is 0.297. The molecule has 0 saturated carbocycles. The van der Waals surface area contributed by atoms with Gasteiger partial charge in [0.2, 0.25) is 0 Å². The van der Waals surface area contributed by atoms with Gasteiger partial charge in [-0.15, -0.1) is 0 Å². The van der Waals surface area contributed by atoms with Crippen LogP contribution in [0, 0.1) is 5.92 Å². The maximum absolute atomic E-state index is 12.4. The summed E-state index contributed by atoms with van der Waals surface area (Å²) in [4.78, 5) is 3.54. The molecule has 2 nitrogen and oxygen atoms in total. The van der Waals surface area contributed by atoms with Crippen molar-refractivity contribution in [2.75, 3.05) is 6.61 Å². The van der Waals surface area contributed by atoms with Crippen LogP contribution in [0.4, 0.5) is 12.9 Å². The number of ether oxygens (including phenoxy) is 1. The van der Waals surface area contributed by atoms with Crippen molar-refractivity contribution in [1.29, 1.82) is 0 Å². The predicted octanol–water partition coefficient (Wildman–Crippen LogP) is 2.95. The van der Waals surface area contributed by atoms with E-state index >= 15 is 0 Å². The predicted molar refractivity (Wildman–Crippen MR) is 62.5 cm³/mol. The molecule has 0 atom stereocenters. The number of rotatable bonds is 6. The Hall–Kier alpha value is -1.20. The number of nitrogens with zero attached hydrogens (tertiary/aromatic N) is 1. The Bertz CT molecular complexity index is 355. The fourth-order valence-corrected chi connectivity index (χ4v) is 1.38. The minimum absolute atomic E-state index is 0.186. The average Bonchev–Trinajstić information content (AvgIpc) is 2.23. The molecule has 96 valence electrons. The van der Waals surface area contributed by atoms with Gasteiger partial charge >= 0.3 is 6.98 Å². The van der Waals surface area contributed by atoms with Crippen LogP contribution >= 0.6 is 0 Å². The minimum Gasteiger partial charge on any atom is -0.492 e. The first-order valence-corrected chi connectivity index (χ1v) is 5.67. The summed E-state index contributed by atoms with van der Waals surface area (Å²) < 4.78 is 42.5. The van der Waals surface area contributed by atoms with Gasteiger partial charge in [-0.25, -0.2) is 0 Å². The molecule has 0 radical (unpaired) electrons. The fourth-order valence-electron chi connectivity index (χ4n) is 1.38. The summed E-state index contributed by atoms with van der Waals surface area (Å²) in [6.07, 6.45) is 3.96. The van der Waals surface area contributed by atoms with Crippen LogP contribution in [0.2, 0.25) is 0 Å². The number of hydrogen-bond acceptors (Lipinski definition) is 2. The van der Waals surface area contributed by atoms with Gasteiger partial charge in [0, 0.05) is 6.20 Å². The summed E-state index contributed by atoms with van der Waals surface area (Å²) in [6.45, 7) is -0.394. The van der Waals surface area contributed by atoms with E-state index in [0.717, 1.165) is 25.1 Å². The fraction of sp³-hybridized carbons (Fsp3) is 0.545. The number of hydrogen-bond donors (Lipinski definition) is 0. The third-order valence-corrected chi connectivity index (χ3v) is 2.31. The van der Waals surface area contributed by atoms with Gasteiger partial charge in [-0.2, -0.15) is 0 Å². The molecule has 0 saturated heterocycles. The van der Waals surface area contributed by atoms with E-state index in [0.29, 0.717) is 12.5 Å². The Morgan fingerprint density at radius 2 is 2.00 bits per heavy atom. The van der Waals surface area contributed by atoms with Crippen molar-refractivity contribution >= 4 is 12.4 Å².